The van der Waals surface area contributed by atoms with E-state index in [0.717, 1.165) is 17.7 Å². The summed E-state index contributed by atoms with van der Waals surface area (Å²) in [7, 11) is 0. The lowest BCUT2D eigenvalue weighted by atomic mass is 10.1. The summed E-state index contributed by atoms with van der Waals surface area (Å²) in [5, 5.41) is 2.92. The molecule has 0 saturated heterocycles. The zero-order chi connectivity index (χ0) is 20.4. The van der Waals surface area contributed by atoms with E-state index in [2.05, 4.69) is 5.32 Å². The second-order valence-corrected chi connectivity index (χ2v) is 6.11. The zero-order valence-corrected chi connectivity index (χ0v) is 16.6. The van der Waals surface area contributed by atoms with Gasteiger partial charge >= 0.3 is 5.97 Å². The number of aryl methyl sites for hydroxylation is 1. The van der Waals surface area contributed by atoms with Gasteiger partial charge in [-0.15, -0.1) is 0 Å². The van der Waals surface area contributed by atoms with Crippen LogP contribution in [0.3, 0.4) is 0 Å². The molecule has 0 fully saturated rings. The summed E-state index contributed by atoms with van der Waals surface area (Å²) in [5.74, 6) is -0.173. The summed E-state index contributed by atoms with van der Waals surface area (Å²) >= 11 is 0. The Morgan fingerprint density at radius 2 is 1.71 bits per heavy atom. The predicted molar refractivity (Wildman–Crippen MR) is 108 cm³/mol. The highest BCUT2D eigenvalue weighted by Crippen LogP contribution is 2.18. The molecule has 28 heavy (non-hydrogen) atoms. The Morgan fingerprint density at radius 3 is 2.39 bits per heavy atom. The molecule has 2 aromatic carbocycles. The van der Waals surface area contributed by atoms with Gasteiger partial charge in [-0.2, -0.15) is 0 Å². The maximum Gasteiger partial charge on any atom is 0.347 e. The molecule has 0 radical (unpaired) electrons. The van der Waals surface area contributed by atoms with Crippen molar-refractivity contribution in [2.24, 2.45) is 0 Å². The minimum absolute atomic E-state index is 0.193. The summed E-state index contributed by atoms with van der Waals surface area (Å²) in [6.07, 6.45) is 0.0830. The molecule has 0 aromatic heterocycles. The van der Waals surface area contributed by atoms with Gasteiger partial charge in [0.15, 0.2) is 6.10 Å². The molecule has 2 rings (SSSR count). The molecule has 1 atom stereocenters. The van der Waals surface area contributed by atoms with Gasteiger partial charge in [0.2, 0.25) is 0 Å². The summed E-state index contributed by atoms with van der Waals surface area (Å²) in [6.45, 7) is 6.66. The molecule has 6 nitrogen and oxygen atoms in total. The van der Waals surface area contributed by atoms with Crippen LogP contribution in [0.5, 0.6) is 5.75 Å². The van der Waals surface area contributed by atoms with Crippen molar-refractivity contribution >= 4 is 17.6 Å². The number of benzene rings is 2. The Morgan fingerprint density at radius 1 is 1.00 bits per heavy atom. The molecule has 0 bridgehead atoms. The normalized spacial score (nSPS) is 11.5. The van der Waals surface area contributed by atoms with Gasteiger partial charge in [-0.05, 0) is 56.2 Å². The molecule has 1 amide bonds. The van der Waals surface area contributed by atoms with E-state index in [1.807, 2.05) is 38.1 Å². The molecule has 0 aliphatic carbocycles. The van der Waals surface area contributed by atoms with Crippen molar-refractivity contribution in [2.45, 2.75) is 33.3 Å². The fourth-order valence-corrected chi connectivity index (χ4v) is 2.55. The average Bonchev–Trinajstić information content (AvgIpc) is 2.72. The van der Waals surface area contributed by atoms with Crippen molar-refractivity contribution in [3.05, 3.63) is 59.7 Å². The number of esters is 1. The third-order valence-electron chi connectivity index (χ3n) is 4.08. The van der Waals surface area contributed by atoms with Gasteiger partial charge < -0.3 is 19.5 Å². The van der Waals surface area contributed by atoms with Gasteiger partial charge in [-0.25, -0.2) is 4.79 Å². The van der Waals surface area contributed by atoms with Crippen LogP contribution in [0, 0.1) is 0 Å². The summed E-state index contributed by atoms with van der Waals surface area (Å²) < 4.78 is 15.8. The summed E-state index contributed by atoms with van der Waals surface area (Å²) in [5.41, 5.74) is 2.39. The number of para-hydroxylation sites is 1. The molecule has 6 heteroatoms. The summed E-state index contributed by atoms with van der Waals surface area (Å²) in [6, 6.07) is 14.3. The molecular weight excluding hydrogens is 358 g/mol. The monoisotopic (exact) mass is 385 g/mol. The highest BCUT2D eigenvalue weighted by molar-refractivity contribution is 6.04. The SMILES string of the molecule is CCOCCOC(=O)C(C)Oc1ccc(C(=O)Nc2ccccc2CC)cc1. The van der Waals surface area contributed by atoms with Crippen LogP contribution in [-0.4, -0.2) is 37.8 Å². The second-order valence-electron chi connectivity index (χ2n) is 6.11. The van der Waals surface area contributed by atoms with Crippen LogP contribution in [0.25, 0.3) is 0 Å². The Kier molecular flexibility index (Phi) is 8.49. The average molecular weight is 385 g/mol. The van der Waals surface area contributed by atoms with Gasteiger partial charge in [0.25, 0.3) is 5.91 Å². The third-order valence-corrected chi connectivity index (χ3v) is 4.08. The van der Waals surface area contributed by atoms with Crippen molar-refractivity contribution in [1.82, 2.24) is 0 Å². The van der Waals surface area contributed by atoms with Crippen molar-refractivity contribution < 1.29 is 23.8 Å². The van der Waals surface area contributed by atoms with Crippen LogP contribution in [0.15, 0.2) is 48.5 Å². The van der Waals surface area contributed by atoms with E-state index in [0.29, 0.717) is 24.5 Å². The zero-order valence-electron chi connectivity index (χ0n) is 16.6. The van der Waals surface area contributed by atoms with Gasteiger partial charge in [-0.1, -0.05) is 25.1 Å². The Bertz CT molecular complexity index is 773. The molecule has 0 aliphatic heterocycles. The van der Waals surface area contributed by atoms with Crippen LogP contribution >= 0.6 is 0 Å². The van der Waals surface area contributed by atoms with Crippen molar-refractivity contribution in [2.75, 3.05) is 25.1 Å². The minimum Gasteiger partial charge on any atom is -0.479 e. The number of nitrogens with one attached hydrogen (secondary N) is 1. The Hall–Kier alpha value is -2.86. The number of carbonyl (C=O) groups excluding carboxylic acids is 2. The first-order chi connectivity index (χ1) is 13.5. The molecule has 0 aliphatic rings. The topological polar surface area (TPSA) is 73.9 Å². The van der Waals surface area contributed by atoms with Crippen LogP contribution in [0.2, 0.25) is 0 Å². The second kappa shape index (κ2) is 11.1. The number of hydrogen-bond donors (Lipinski definition) is 1. The lowest BCUT2D eigenvalue weighted by Crippen LogP contribution is -2.27. The van der Waals surface area contributed by atoms with Crippen LogP contribution in [-0.2, 0) is 20.7 Å². The third kappa shape index (κ3) is 6.39. The first kappa shape index (κ1) is 21.4. The first-order valence-corrected chi connectivity index (χ1v) is 9.45. The van der Waals surface area contributed by atoms with Crippen molar-refractivity contribution in [1.29, 1.82) is 0 Å². The number of hydrogen-bond acceptors (Lipinski definition) is 5. The van der Waals surface area contributed by atoms with Gasteiger partial charge in [-0.3, -0.25) is 4.79 Å². The quantitative estimate of drug-likeness (QED) is 0.497. The lowest BCUT2D eigenvalue weighted by molar-refractivity contribution is -0.152. The largest absolute Gasteiger partial charge is 0.479 e. The Labute approximate surface area is 165 Å². The van der Waals surface area contributed by atoms with E-state index in [1.165, 1.54) is 0 Å². The smallest absolute Gasteiger partial charge is 0.347 e. The number of amides is 1. The number of rotatable bonds is 10. The van der Waals surface area contributed by atoms with E-state index < -0.39 is 12.1 Å². The highest BCUT2D eigenvalue weighted by Gasteiger charge is 2.16. The number of anilines is 1. The highest BCUT2D eigenvalue weighted by atomic mass is 16.6. The van der Waals surface area contributed by atoms with Crippen molar-refractivity contribution in [3.63, 3.8) is 0 Å². The standard InChI is InChI=1S/C22H27NO5/c1-4-17-8-6-7-9-20(17)23-21(24)18-10-12-19(13-11-18)28-16(3)22(25)27-15-14-26-5-2/h6-13,16H,4-5,14-15H2,1-3H3,(H,23,24). The Balaban J connectivity index is 1.90. The van der Waals surface area contributed by atoms with E-state index in [4.69, 9.17) is 14.2 Å². The van der Waals surface area contributed by atoms with E-state index in [-0.39, 0.29) is 12.5 Å². The summed E-state index contributed by atoms with van der Waals surface area (Å²) in [4.78, 5) is 24.3. The van der Waals surface area contributed by atoms with E-state index in [9.17, 15) is 9.59 Å². The molecule has 1 unspecified atom stereocenters. The molecule has 0 heterocycles. The van der Waals surface area contributed by atoms with E-state index >= 15 is 0 Å². The fraction of sp³-hybridized carbons (Fsp3) is 0.364. The van der Waals surface area contributed by atoms with Crippen LogP contribution in [0.4, 0.5) is 5.69 Å². The molecule has 2 aromatic rings. The van der Waals surface area contributed by atoms with Gasteiger partial charge in [0, 0.05) is 17.9 Å². The minimum atomic E-state index is -0.752. The molecular formula is C22H27NO5. The molecule has 1 N–H and O–H groups in total. The van der Waals surface area contributed by atoms with Crippen molar-refractivity contribution in [3.8, 4) is 5.75 Å². The van der Waals surface area contributed by atoms with E-state index in [1.54, 1.807) is 31.2 Å². The predicted octanol–water partition coefficient (Wildman–Crippen LogP) is 3.85. The van der Waals surface area contributed by atoms with Gasteiger partial charge in [0.05, 0.1) is 6.61 Å². The maximum absolute atomic E-state index is 12.5. The first-order valence-electron chi connectivity index (χ1n) is 9.45. The van der Waals surface area contributed by atoms with Gasteiger partial charge in [0.1, 0.15) is 12.4 Å². The van der Waals surface area contributed by atoms with Crippen LogP contribution < -0.4 is 10.1 Å². The fourth-order valence-electron chi connectivity index (χ4n) is 2.55. The molecule has 0 spiro atoms. The number of carbonyl (C=O) groups is 2. The molecule has 150 valence electrons. The van der Waals surface area contributed by atoms with Crippen LogP contribution in [0.1, 0.15) is 36.7 Å². The lowest BCUT2D eigenvalue weighted by Gasteiger charge is -2.14. The number of ether oxygens (including phenoxy) is 3. The maximum atomic E-state index is 12.5. The molecule has 0 saturated carbocycles.